The molecule has 1 N–H and O–H groups in total. The molecule has 0 aliphatic rings. The molecule has 0 aliphatic carbocycles. The van der Waals surface area contributed by atoms with E-state index < -0.39 is 6.36 Å². The third-order valence-corrected chi connectivity index (χ3v) is 3.39. The molecule has 1 unspecified atom stereocenters. The van der Waals surface area contributed by atoms with Crippen LogP contribution in [0.5, 0.6) is 5.75 Å². The van der Waals surface area contributed by atoms with Gasteiger partial charge in [0.05, 0.1) is 0 Å². The van der Waals surface area contributed by atoms with Gasteiger partial charge in [-0.25, -0.2) is 0 Å². The molecule has 0 radical (unpaired) electrons. The lowest BCUT2D eigenvalue weighted by molar-refractivity contribution is -0.274. The van der Waals surface area contributed by atoms with E-state index >= 15 is 0 Å². The summed E-state index contributed by atoms with van der Waals surface area (Å²) in [4.78, 5) is 0. The number of nitrogens with one attached hydrogen (secondary N) is 1. The van der Waals surface area contributed by atoms with Gasteiger partial charge in [-0.1, -0.05) is 39.8 Å². The highest BCUT2D eigenvalue weighted by molar-refractivity contribution is 5.28. The minimum absolute atomic E-state index is 0.180. The van der Waals surface area contributed by atoms with Crippen molar-refractivity contribution in [2.45, 2.75) is 40.6 Å². The summed E-state index contributed by atoms with van der Waals surface area (Å²) in [5, 5.41) is 3.26. The van der Waals surface area contributed by atoms with Crippen molar-refractivity contribution in [1.29, 1.82) is 0 Å². The van der Waals surface area contributed by atoms with Crippen LogP contribution in [0.4, 0.5) is 13.2 Å². The Morgan fingerprint density at radius 1 is 1.20 bits per heavy atom. The number of ether oxygens (including phenoxy) is 1. The van der Waals surface area contributed by atoms with Crippen LogP contribution in [-0.2, 0) is 6.54 Å². The van der Waals surface area contributed by atoms with Crippen LogP contribution >= 0.6 is 0 Å². The molecule has 0 saturated carbocycles. The SMILES string of the molecule is CC(CNCc1cccc(OC(F)(F)F)c1)C(C)(C)C. The number of benzene rings is 1. The smallest absolute Gasteiger partial charge is 0.406 e. The van der Waals surface area contributed by atoms with E-state index in [2.05, 4.69) is 37.7 Å². The lowest BCUT2D eigenvalue weighted by Gasteiger charge is -2.27. The molecule has 0 aromatic heterocycles. The second-order valence-electron chi connectivity index (χ2n) is 6.09. The topological polar surface area (TPSA) is 21.3 Å². The van der Waals surface area contributed by atoms with Crippen molar-refractivity contribution in [2.24, 2.45) is 11.3 Å². The highest BCUT2D eigenvalue weighted by atomic mass is 19.4. The number of hydrogen-bond acceptors (Lipinski definition) is 2. The Bertz CT molecular complexity index is 424. The minimum Gasteiger partial charge on any atom is -0.406 e. The fourth-order valence-electron chi connectivity index (χ4n) is 1.59. The lowest BCUT2D eigenvalue weighted by Crippen LogP contribution is -2.29. The van der Waals surface area contributed by atoms with Gasteiger partial charge >= 0.3 is 6.36 Å². The normalized spacial score (nSPS) is 14.2. The molecule has 1 atom stereocenters. The summed E-state index contributed by atoms with van der Waals surface area (Å²) < 4.78 is 40.3. The predicted molar refractivity (Wildman–Crippen MR) is 73.5 cm³/mol. The number of rotatable bonds is 5. The van der Waals surface area contributed by atoms with Gasteiger partial charge in [0, 0.05) is 6.54 Å². The molecule has 5 heteroatoms. The Kier molecular flexibility index (Phi) is 5.45. The fourth-order valence-corrected chi connectivity index (χ4v) is 1.59. The average Bonchev–Trinajstić information content (AvgIpc) is 2.25. The lowest BCUT2D eigenvalue weighted by atomic mass is 9.82. The highest BCUT2D eigenvalue weighted by Gasteiger charge is 2.31. The Balaban J connectivity index is 2.51. The van der Waals surface area contributed by atoms with Gasteiger partial charge in [0.1, 0.15) is 5.75 Å². The molecular weight excluding hydrogens is 267 g/mol. The quantitative estimate of drug-likeness (QED) is 0.869. The van der Waals surface area contributed by atoms with Crippen LogP contribution in [0, 0.1) is 11.3 Å². The van der Waals surface area contributed by atoms with Crippen molar-refractivity contribution in [3.05, 3.63) is 29.8 Å². The maximum absolute atomic E-state index is 12.1. The summed E-state index contributed by atoms with van der Waals surface area (Å²) in [7, 11) is 0. The molecule has 1 rings (SSSR count). The molecule has 0 amide bonds. The molecule has 0 bridgehead atoms. The molecule has 0 aliphatic heterocycles. The van der Waals surface area contributed by atoms with E-state index in [9.17, 15) is 13.2 Å². The van der Waals surface area contributed by atoms with Gasteiger partial charge in [-0.15, -0.1) is 13.2 Å². The van der Waals surface area contributed by atoms with Crippen LogP contribution in [0.3, 0.4) is 0 Å². The van der Waals surface area contributed by atoms with Gasteiger partial charge < -0.3 is 10.1 Å². The Morgan fingerprint density at radius 3 is 2.40 bits per heavy atom. The standard InChI is InChI=1S/C15H22F3NO/c1-11(14(2,3)4)9-19-10-12-6-5-7-13(8-12)20-15(16,17)18/h5-8,11,19H,9-10H2,1-4H3. The molecule has 20 heavy (non-hydrogen) atoms. The fraction of sp³-hybridized carbons (Fsp3) is 0.600. The summed E-state index contributed by atoms with van der Waals surface area (Å²) in [6.07, 6.45) is -4.65. The molecule has 0 heterocycles. The number of halogens is 3. The zero-order valence-corrected chi connectivity index (χ0v) is 12.3. The first-order valence-electron chi connectivity index (χ1n) is 6.63. The monoisotopic (exact) mass is 289 g/mol. The van der Waals surface area contributed by atoms with E-state index in [1.165, 1.54) is 12.1 Å². The summed E-state index contributed by atoms with van der Waals surface area (Å²) in [5.74, 6) is 0.290. The maximum atomic E-state index is 12.1. The molecule has 2 nitrogen and oxygen atoms in total. The van der Waals surface area contributed by atoms with Gasteiger partial charge in [-0.05, 0) is 35.6 Å². The molecule has 1 aromatic rings. The van der Waals surface area contributed by atoms with Crippen molar-refractivity contribution in [1.82, 2.24) is 5.32 Å². The van der Waals surface area contributed by atoms with Gasteiger partial charge in [0.2, 0.25) is 0 Å². The third-order valence-electron chi connectivity index (χ3n) is 3.39. The van der Waals surface area contributed by atoms with E-state index in [4.69, 9.17) is 0 Å². The first-order chi connectivity index (χ1) is 9.08. The van der Waals surface area contributed by atoms with E-state index in [-0.39, 0.29) is 11.2 Å². The van der Waals surface area contributed by atoms with Crippen LogP contribution in [-0.4, -0.2) is 12.9 Å². The second-order valence-corrected chi connectivity index (χ2v) is 6.09. The van der Waals surface area contributed by atoms with Gasteiger partial charge in [-0.2, -0.15) is 0 Å². The summed E-state index contributed by atoms with van der Waals surface area (Å²) in [6, 6.07) is 6.04. The van der Waals surface area contributed by atoms with Gasteiger partial charge in [-0.3, -0.25) is 0 Å². The van der Waals surface area contributed by atoms with Crippen molar-refractivity contribution in [3.8, 4) is 5.75 Å². The van der Waals surface area contributed by atoms with Crippen LogP contribution in [0.1, 0.15) is 33.3 Å². The Labute approximate surface area is 118 Å². The summed E-state index contributed by atoms with van der Waals surface area (Å²) in [5.41, 5.74) is 0.974. The molecule has 0 fully saturated rings. The zero-order chi connectivity index (χ0) is 15.4. The van der Waals surface area contributed by atoms with Crippen molar-refractivity contribution in [2.75, 3.05) is 6.54 Å². The van der Waals surface area contributed by atoms with Crippen molar-refractivity contribution < 1.29 is 17.9 Å². The highest BCUT2D eigenvalue weighted by Crippen LogP contribution is 2.25. The van der Waals surface area contributed by atoms with Crippen LogP contribution in [0.15, 0.2) is 24.3 Å². The molecule has 0 saturated heterocycles. The van der Waals surface area contributed by atoms with Crippen LogP contribution in [0.2, 0.25) is 0 Å². The third kappa shape index (κ3) is 6.28. The molecule has 1 aromatic carbocycles. The zero-order valence-electron chi connectivity index (χ0n) is 12.3. The molecule has 114 valence electrons. The summed E-state index contributed by atoms with van der Waals surface area (Å²) >= 11 is 0. The maximum Gasteiger partial charge on any atom is 0.573 e. The molecule has 0 spiro atoms. The average molecular weight is 289 g/mol. The van der Waals surface area contributed by atoms with Crippen LogP contribution in [0.25, 0.3) is 0 Å². The van der Waals surface area contributed by atoms with Crippen molar-refractivity contribution >= 4 is 0 Å². The van der Waals surface area contributed by atoms with E-state index in [1.807, 2.05) is 0 Å². The van der Waals surface area contributed by atoms with E-state index in [1.54, 1.807) is 12.1 Å². The number of alkyl halides is 3. The Hall–Kier alpha value is -1.23. The summed E-state index contributed by atoms with van der Waals surface area (Å²) in [6.45, 7) is 9.98. The minimum atomic E-state index is -4.65. The number of hydrogen-bond donors (Lipinski definition) is 1. The molecular formula is C15H22F3NO. The van der Waals surface area contributed by atoms with Crippen molar-refractivity contribution in [3.63, 3.8) is 0 Å². The van der Waals surface area contributed by atoms with Gasteiger partial charge in [0.25, 0.3) is 0 Å². The Morgan fingerprint density at radius 2 is 1.85 bits per heavy atom. The van der Waals surface area contributed by atoms with E-state index in [0.29, 0.717) is 12.5 Å². The van der Waals surface area contributed by atoms with E-state index in [0.717, 1.165) is 12.1 Å². The van der Waals surface area contributed by atoms with Gasteiger partial charge in [0.15, 0.2) is 0 Å². The van der Waals surface area contributed by atoms with Crippen LogP contribution < -0.4 is 10.1 Å². The first kappa shape index (κ1) is 16.8. The largest absolute Gasteiger partial charge is 0.573 e. The predicted octanol–water partition coefficient (Wildman–Crippen LogP) is 4.36. The second kappa shape index (κ2) is 6.48. The first-order valence-corrected chi connectivity index (χ1v) is 6.63.